The highest BCUT2D eigenvalue weighted by Gasteiger charge is 2.07. The van der Waals surface area contributed by atoms with Gasteiger partial charge in [0.25, 0.3) is 5.91 Å². The fraction of sp³-hybridized carbons (Fsp3) is 0.562. The summed E-state index contributed by atoms with van der Waals surface area (Å²) in [6.07, 6.45) is 2.39. The van der Waals surface area contributed by atoms with Crippen LogP contribution in [0.4, 0.5) is 5.69 Å². The second-order valence-electron chi connectivity index (χ2n) is 4.84. The normalized spacial score (nSPS) is 10.3. The van der Waals surface area contributed by atoms with E-state index in [0.29, 0.717) is 6.54 Å². The molecular formula is C16H27N3O. The van der Waals surface area contributed by atoms with Crippen molar-refractivity contribution in [1.29, 1.82) is 0 Å². The molecule has 4 nitrogen and oxygen atoms in total. The molecule has 112 valence electrons. The van der Waals surface area contributed by atoms with Crippen molar-refractivity contribution in [3.05, 3.63) is 29.8 Å². The Kier molecular flexibility index (Phi) is 7.73. The Morgan fingerprint density at radius 1 is 1.15 bits per heavy atom. The number of hydrogen-bond donors (Lipinski definition) is 2. The van der Waals surface area contributed by atoms with E-state index in [2.05, 4.69) is 29.4 Å². The number of anilines is 1. The van der Waals surface area contributed by atoms with Crippen LogP contribution in [0.25, 0.3) is 0 Å². The van der Waals surface area contributed by atoms with Gasteiger partial charge < -0.3 is 15.5 Å². The lowest BCUT2D eigenvalue weighted by Crippen LogP contribution is -2.30. The molecule has 0 unspecified atom stereocenters. The molecule has 0 aliphatic heterocycles. The molecule has 1 aromatic rings. The summed E-state index contributed by atoms with van der Waals surface area (Å²) in [5, 5.41) is 5.89. The van der Waals surface area contributed by atoms with E-state index in [1.807, 2.05) is 31.3 Å². The molecule has 0 heterocycles. The van der Waals surface area contributed by atoms with Crippen LogP contribution in [0.3, 0.4) is 0 Å². The van der Waals surface area contributed by atoms with Crippen molar-refractivity contribution in [2.24, 2.45) is 0 Å². The van der Waals surface area contributed by atoms with Gasteiger partial charge in [0.15, 0.2) is 0 Å². The largest absolute Gasteiger partial charge is 0.372 e. The van der Waals surface area contributed by atoms with Gasteiger partial charge in [-0.3, -0.25) is 4.79 Å². The molecule has 0 saturated carbocycles. The molecule has 1 rings (SSSR count). The molecule has 20 heavy (non-hydrogen) atoms. The molecule has 0 aromatic heterocycles. The van der Waals surface area contributed by atoms with Crippen LogP contribution in [0.15, 0.2) is 24.3 Å². The molecule has 0 aliphatic rings. The van der Waals surface area contributed by atoms with Gasteiger partial charge in [-0.1, -0.05) is 13.3 Å². The average molecular weight is 277 g/mol. The first-order chi connectivity index (χ1) is 9.72. The Labute approximate surface area is 122 Å². The first-order valence-corrected chi connectivity index (χ1v) is 7.50. The van der Waals surface area contributed by atoms with Crippen molar-refractivity contribution in [2.45, 2.75) is 26.7 Å². The second kappa shape index (κ2) is 9.37. The third-order valence-electron chi connectivity index (χ3n) is 3.32. The van der Waals surface area contributed by atoms with E-state index in [1.54, 1.807) is 0 Å². The number of likely N-dealkylation sites (N-methyl/N-ethyl adjacent to an activating group) is 1. The van der Waals surface area contributed by atoms with Crippen LogP contribution in [0.5, 0.6) is 0 Å². The third kappa shape index (κ3) is 5.21. The topological polar surface area (TPSA) is 44.4 Å². The Bertz CT molecular complexity index is 389. The smallest absolute Gasteiger partial charge is 0.251 e. The van der Waals surface area contributed by atoms with Gasteiger partial charge in [-0.05, 0) is 44.7 Å². The Morgan fingerprint density at radius 3 is 2.40 bits per heavy atom. The first-order valence-electron chi connectivity index (χ1n) is 7.50. The van der Waals surface area contributed by atoms with E-state index >= 15 is 0 Å². The quantitative estimate of drug-likeness (QED) is 0.681. The number of amides is 1. The molecule has 0 bridgehead atoms. The zero-order valence-electron chi connectivity index (χ0n) is 12.9. The minimum absolute atomic E-state index is 0.0107. The van der Waals surface area contributed by atoms with Crippen LogP contribution in [0, 0.1) is 0 Å². The van der Waals surface area contributed by atoms with Gasteiger partial charge in [-0.15, -0.1) is 0 Å². The van der Waals surface area contributed by atoms with E-state index in [0.717, 1.165) is 25.2 Å². The van der Waals surface area contributed by atoms with Crippen molar-refractivity contribution < 1.29 is 4.79 Å². The molecular weight excluding hydrogens is 250 g/mol. The number of hydrogen-bond acceptors (Lipinski definition) is 3. The molecule has 0 aliphatic carbocycles. The predicted octanol–water partition coefficient (Wildman–Crippen LogP) is 2.26. The van der Waals surface area contributed by atoms with Crippen molar-refractivity contribution >= 4 is 11.6 Å². The molecule has 1 amide bonds. The number of benzene rings is 1. The van der Waals surface area contributed by atoms with E-state index in [1.165, 1.54) is 18.5 Å². The van der Waals surface area contributed by atoms with Gasteiger partial charge in [0, 0.05) is 37.4 Å². The summed E-state index contributed by atoms with van der Waals surface area (Å²) in [5.41, 5.74) is 1.91. The minimum Gasteiger partial charge on any atom is -0.372 e. The Morgan fingerprint density at radius 2 is 1.85 bits per heavy atom. The van der Waals surface area contributed by atoms with Crippen LogP contribution in [-0.2, 0) is 0 Å². The summed E-state index contributed by atoms with van der Waals surface area (Å²) in [6.45, 7) is 7.86. The summed E-state index contributed by atoms with van der Waals surface area (Å²) < 4.78 is 0. The lowest BCUT2D eigenvalue weighted by Gasteiger charge is -2.23. The highest BCUT2D eigenvalue weighted by molar-refractivity contribution is 5.94. The van der Waals surface area contributed by atoms with Crippen LogP contribution in [0.2, 0.25) is 0 Å². The fourth-order valence-electron chi connectivity index (χ4n) is 2.05. The highest BCUT2D eigenvalue weighted by atomic mass is 16.1. The van der Waals surface area contributed by atoms with E-state index < -0.39 is 0 Å². The maximum atomic E-state index is 11.9. The lowest BCUT2D eigenvalue weighted by atomic mass is 10.1. The van der Waals surface area contributed by atoms with Crippen molar-refractivity contribution in [3.63, 3.8) is 0 Å². The molecule has 4 heteroatoms. The molecule has 0 atom stereocenters. The summed E-state index contributed by atoms with van der Waals surface area (Å²) in [7, 11) is 1.87. The minimum atomic E-state index is -0.0107. The average Bonchev–Trinajstić information content (AvgIpc) is 2.49. The van der Waals surface area contributed by atoms with Crippen molar-refractivity contribution in [1.82, 2.24) is 10.6 Å². The van der Waals surface area contributed by atoms with Gasteiger partial charge >= 0.3 is 0 Å². The monoisotopic (exact) mass is 277 g/mol. The van der Waals surface area contributed by atoms with Crippen LogP contribution < -0.4 is 15.5 Å². The lowest BCUT2D eigenvalue weighted by molar-refractivity contribution is 0.0954. The molecule has 0 spiro atoms. The fourth-order valence-corrected chi connectivity index (χ4v) is 2.05. The predicted molar refractivity (Wildman–Crippen MR) is 85.5 cm³/mol. The van der Waals surface area contributed by atoms with Gasteiger partial charge in [0.05, 0.1) is 0 Å². The molecule has 0 fully saturated rings. The summed E-state index contributed by atoms with van der Waals surface area (Å²) in [5.74, 6) is -0.0107. The number of unbranched alkanes of at least 4 members (excludes halogenated alkanes) is 1. The maximum Gasteiger partial charge on any atom is 0.251 e. The van der Waals surface area contributed by atoms with Gasteiger partial charge in [0.2, 0.25) is 0 Å². The van der Waals surface area contributed by atoms with E-state index in [-0.39, 0.29) is 5.91 Å². The zero-order valence-corrected chi connectivity index (χ0v) is 12.9. The number of rotatable bonds is 9. The molecule has 2 N–H and O–H groups in total. The SMILES string of the molecule is CCCCN(CC)c1ccc(C(=O)NCCNC)cc1. The third-order valence-corrected chi connectivity index (χ3v) is 3.32. The number of carbonyl (C=O) groups is 1. The highest BCUT2D eigenvalue weighted by Crippen LogP contribution is 2.15. The molecule has 0 saturated heterocycles. The summed E-state index contributed by atoms with van der Waals surface area (Å²) >= 11 is 0. The van der Waals surface area contributed by atoms with E-state index in [4.69, 9.17) is 0 Å². The molecule has 1 aromatic carbocycles. The van der Waals surface area contributed by atoms with Crippen LogP contribution in [0.1, 0.15) is 37.0 Å². The zero-order chi connectivity index (χ0) is 14.8. The number of carbonyl (C=O) groups excluding carboxylic acids is 1. The maximum absolute atomic E-state index is 11.9. The van der Waals surface area contributed by atoms with Crippen LogP contribution >= 0.6 is 0 Å². The van der Waals surface area contributed by atoms with Crippen molar-refractivity contribution in [2.75, 3.05) is 38.1 Å². The van der Waals surface area contributed by atoms with Crippen molar-refractivity contribution in [3.8, 4) is 0 Å². The standard InChI is InChI=1S/C16H27N3O/c1-4-6-13-19(5-2)15-9-7-14(8-10-15)16(20)18-12-11-17-3/h7-10,17H,4-6,11-13H2,1-3H3,(H,18,20). The second-order valence-corrected chi connectivity index (χ2v) is 4.84. The molecule has 0 radical (unpaired) electrons. The van der Waals surface area contributed by atoms with Crippen LogP contribution in [-0.4, -0.2) is 39.1 Å². The van der Waals surface area contributed by atoms with Gasteiger partial charge in [-0.2, -0.15) is 0 Å². The van der Waals surface area contributed by atoms with Gasteiger partial charge in [0.1, 0.15) is 0 Å². The number of nitrogens with one attached hydrogen (secondary N) is 2. The first kappa shape index (κ1) is 16.5. The summed E-state index contributed by atoms with van der Waals surface area (Å²) in [4.78, 5) is 14.2. The van der Waals surface area contributed by atoms with E-state index in [9.17, 15) is 4.79 Å². The van der Waals surface area contributed by atoms with Gasteiger partial charge in [-0.25, -0.2) is 0 Å². The number of nitrogens with zero attached hydrogens (tertiary/aromatic N) is 1. The summed E-state index contributed by atoms with van der Waals surface area (Å²) in [6, 6.07) is 7.87. The Hall–Kier alpha value is -1.55. The Balaban J connectivity index is 2.60.